The predicted octanol–water partition coefficient (Wildman–Crippen LogP) is 3.11. The first-order chi connectivity index (χ1) is 11.1. The number of hydrogen-bond donors (Lipinski definition) is 2. The molecule has 2 aromatic carbocycles. The molecule has 0 bridgehead atoms. The third-order valence-corrected chi connectivity index (χ3v) is 3.35. The molecule has 0 unspecified atom stereocenters. The molecule has 2 amide bonds. The van der Waals surface area contributed by atoms with Crippen LogP contribution in [-0.4, -0.2) is 25.5 Å². The summed E-state index contributed by atoms with van der Waals surface area (Å²) in [5, 5.41) is 6.04. The van der Waals surface area contributed by atoms with Crippen LogP contribution in [0.4, 0.5) is 5.69 Å². The maximum Gasteiger partial charge on any atom is 0.251 e. The largest absolute Gasteiger partial charge is 0.497 e. The molecule has 2 N–H and O–H groups in total. The first-order valence-corrected chi connectivity index (χ1v) is 7.44. The second kappa shape index (κ2) is 8.19. The Kier molecular flexibility index (Phi) is 6.00. The van der Waals surface area contributed by atoms with Crippen LogP contribution in [0.2, 0.25) is 5.02 Å². The maximum absolute atomic E-state index is 12.0. The Morgan fingerprint density at radius 3 is 2.57 bits per heavy atom. The normalized spacial score (nSPS) is 10.0. The highest BCUT2D eigenvalue weighted by Crippen LogP contribution is 2.14. The third-order valence-electron chi connectivity index (χ3n) is 3.10. The summed E-state index contributed by atoms with van der Waals surface area (Å²) in [6.45, 7) is 0.246. The number of benzene rings is 2. The molecule has 0 saturated carbocycles. The molecule has 0 aromatic heterocycles. The van der Waals surface area contributed by atoms with Crippen LogP contribution in [-0.2, 0) is 4.79 Å². The van der Waals surface area contributed by atoms with Gasteiger partial charge in [0, 0.05) is 29.2 Å². The van der Waals surface area contributed by atoms with Crippen molar-refractivity contribution in [2.45, 2.75) is 6.42 Å². The Bertz CT molecular complexity index is 686. The average Bonchev–Trinajstić information content (AvgIpc) is 2.57. The van der Waals surface area contributed by atoms with Crippen molar-refractivity contribution in [3.05, 3.63) is 59.1 Å². The smallest absolute Gasteiger partial charge is 0.251 e. The molecular weight excluding hydrogens is 316 g/mol. The van der Waals surface area contributed by atoms with Gasteiger partial charge in [-0.25, -0.2) is 0 Å². The van der Waals surface area contributed by atoms with E-state index >= 15 is 0 Å². The van der Waals surface area contributed by atoms with Gasteiger partial charge in [-0.3, -0.25) is 9.59 Å². The summed E-state index contributed by atoms with van der Waals surface area (Å²) in [6, 6.07) is 13.7. The minimum absolute atomic E-state index is 0.179. The lowest BCUT2D eigenvalue weighted by molar-refractivity contribution is -0.116. The van der Waals surface area contributed by atoms with Gasteiger partial charge in [0.15, 0.2) is 0 Å². The molecular formula is C17H17ClN2O3. The average molecular weight is 333 g/mol. The van der Waals surface area contributed by atoms with Gasteiger partial charge in [-0.1, -0.05) is 17.7 Å². The van der Waals surface area contributed by atoms with E-state index in [-0.39, 0.29) is 24.8 Å². The minimum Gasteiger partial charge on any atom is -0.497 e. The minimum atomic E-state index is -0.247. The van der Waals surface area contributed by atoms with Gasteiger partial charge in [0.05, 0.1) is 7.11 Å². The molecule has 0 spiro atoms. The van der Waals surface area contributed by atoms with Crippen molar-refractivity contribution in [1.29, 1.82) is 0 Å². The van der Waals surface area contributed by atoms with Gasteiger partial charge in [-0.15, -0.1) is 0 Å². The standard InChI is InChI=1S/C17H17ClN2O3/c1-23-15-4-2-3-12(11-15)17(22)19-10-9-16(21)20-14-7-5-13(18)6-8-14/h2-8,11H,9-10H2,1H3,(H,19,22)(H,20,21). The van der Waals surface area contributed by atoms with E-state index in [2.05, 4.69) is 10.6 Å². The molecule has 0 radical (unpaired) electrons. The SMILES string of the molecule is COc1cccc(C(=O)NCCC(=O)Nc2ccc(Cl)cc2)c1. The number of ether oxygens (including phenoxy) is 1. The second-order valence-corrected chi connectivity index (χ2v) is 5.23. The number of rotatable bonds is 6. The quantitative estimate of drug-likeness (QED) is 0.854. The Hall–Kier alpha value is -2.53. The Morgan fingerprint density at radius 1 is 1.13 bits per heavy atom. The molecule has 2 rings (SSSR count). The fraction of sp³-hybridized carbons (Fsp3) is 0.176. The summed E-state index contributed by atoms with van der Waals surface area (Å²) in [4.78, 5) is 23.8. The van der Waals surface area contributed by atoms with E-state index in [9.17, 15) is 9.59 Å². The van der Waals surface area contributed by atoms with E-state index in [0.717, 1.165) is 0 Å². The van der Waals surface area contributed by atoms with Gasteiger partial charge in [-0.05, 0) is 42.5 Å². The van der Waals surface area contributed by atoms with Crippen LogP contribution in [0, 0.1) is 0 Å². The molecule has 5 nitrogen and oxygen atoms in total. The number of hydrogen-bond acceptors (Lipinski definition) is 3. The predicted molar refractivity (Wildman–Crippen MR) is 90.0 cm³/mol. The molecule has 0 heterocycles. The summed E-state index contributed by atoms with van der Waals surface area (Å²) >= 11 is 5.78. The second-order valence-electron chi connectivity index (χ2n) is 4.79. The van der Waals surface area contributed by atoms with E-state index in [1.54, 1.807) is 48.5 Å². The topological polar surface area (TPSA) is 67.4 Å². The summed E-state index contributed by atoms with van der Waals surface area (Å²) in [7, 11) is 1.54. The first kappa shape index (κ1) is 16.8. The van der Waals surface area contributed by atoms with Crippen molar-refractivity contribution in [2.24, 2.45) is 0 Å². The van der Waals surface area contributed by atoms with Crippen LogP contribution in [0.15, 0.2) is 48.5 Å². The maximum atomic E-state index is 12.0. The number of halogens is 1. The summed E-state index contributed by atoms with van der Waals surface area (Å²) < 4.78 is 5.07. The summed E-state index contributed by atoms with van der Waals surface area (Å²) in [6.07, 6.45) is 0.179. The van der Waals surface area contributed by atoms with Crippen molar-refractivity contribution in [1.82, 2.24) is 5.32 Å². The molecule has 0 aliphatic heterocycles. The van der Waals surface area contributed by atoms with Crippen molar-refractivity contribution in [2.75, 3.05) is 19.0 Å². The monoisotopic (exact) mass is 332 g/mol. The van der Waals surface area contributed by atoms with Crippen molar-refractivity contribution in [3.63, 3.8) is 0 Å². The van der Waals surface area contributed by atoms with Gasteiger partial charge in [0.1, 0.15) is 5.75 Å². The lowest BCUT2D eigenvalue weighted by atomic mass is 10.2. The van der Waals surface area contributed by atoms with E-state index < -0.39 is 0 Å². The molecule has 0 aliphatic rings. The van der Waals surface area contributed by atoms with Crippen LogP contribution in [0.1, 0.15) is 16.8 Å². The number of anilines is 1. The number of carbonyl (C=O) groups excluding carboxylic acids is 2. The molecule has 6 heteroatoms. The lowest BCUT2D eigenvalue weighted by Crippen LogP contribution is -2.27. The Labute approximate surface area is 139 Å². The van der Waals surface area contributed by atoms with Crippen molar-refractivity contribution in [3.8, 4) is 5.75 Å². The van der Waals surface area contributed by atoms with E-state index in [1.807, 2.05) is 0 Å². The molecule has 0 saturated heterocycles. The van der Waals surface area contributed by atoms with E-state index in [1.165, 1.54) is 7.11 Å². The van der Waals surface area contributed by atoms with Gasteiger partial charge < -0.3 is 15.4 Å². The van der Waals surface area contributed by atoms with Gasteiger partial charge in [0.25, 0.3) is 5.91 Å². The zero-order chi connectivity index (χ0) is 16.7. The third kappa shape index (κ3) is 5.30. The zero-order valence-electron chi connectivity index (χ0n) is 12.6. The highest BCUT2D eigenvalue weighted by molar-refractivity contribution is 6.30. The van der Waals surface area contributed by atoms with Crippen molar-refractivity contribution >= 4 is 29.1 Å². The fourth-order valence-electron chi connectivity index (χ4n) is 1.91. The molecule has 2 aromatic rings. The first-order valence-electron chi connectivity index (χ1n) is 7.06. The van der Waals surface area contributed by atoms with Gasteiger partial charge in [-0.2, -0.15) is 0 Å². The van der Waals surface area contributed by atoms with E-state index in [4.69, 9.17) is 16.3 Å². The number of nitrogens with one attached hydrogen (secondary N) is 2. The molecule has 23 heavy (non-hydrogen) atoms. The number of carbonyl (C=O) groups is 2. The van der Waals surface area contributed by atoms with Crippen molar-refractivity contribution < 1.29 is 14.3 Å². The van der Waals surface area contributed by atoms with Crippen LogP contribution >= 0.6 is 11.6 Å². The number of amides is 2. The molecule has 0 fully saturated rings. The molecule has 120 valence electrons. The highest BCUT2D eigenvalue weighted by Gasteiger charge is 2.08. The highest BCUT2D eigenvalue weighted by atomic mass is 35.5. The zero-order valence-corrected chi connectivity index (χ0v) is 13.4. The van der Waals surface area contributed by atoms with E-state index in [0.29, 0.717) is 22.0 Å². The lowest BCUT2D eigenvalue weighted by Gasteiger charge is -2.08. The van der Waals surface area contributed by atoms with Crippen LogP contribution in [0.25, 0.3) is 0 Å². The summed E-state index contributed by atoms with van der Waals surface area (Å²) in [5.74, 6) is 0.180. The molecule has 0 aliphatic carbocycles. The number of methoxy groups -OCH3 is 1. The fourth-order valence-corrected chi connectivity index (χ4v) is 2.04. The van der Waals surface area contributed by atoms with Gasteiger partial charge in [0.2, 0.25) is 5.91 Å². The van der Waals surface area contributed by atoms with Gasteiger partial charge >= 0.3 is 0 Å². The Balaban J connectivity index is 1.78. The molecule has 0 atom stereocenters. The van der Waals surface area contributed by atoms with Crippen LogP contribution < -0.4 is 15.4 Å². The summed E-state index contributed by atoms with van der Waals surface area (Å²) in [5.41, 5.74) is 1.15. The van der Waals surface area contributed by atoms with Crippen LogP contribution in [0.5, 0.6) is 5.75 Å². The van der Waals surface area contributed by atoms with Crippen LogP contribution in [0.3, 0.4) is 0 Å². The Morgan fingerprint density at radius 2 is 1.87 bits per heavy atom.